The summed E-state index contributed by atoms with van der Waals surface area (Å²) in [4.78, 5) is 25.9. The molecule has 4 nitrogen and oxygen atoms in total. The molecule has 1 aliphatic rings. The molecule has 0 aliphatic heterocycles. The fourth-order valence-electron chi connectivity index (χ4n) is 3.01. The number of hydrogen-bond donors (Lipinski definition) is 1. The normalized spacial score (nSPS) is 13.2. The third-order valence-electron chi connectivity index (χ3n) is 4.23. The van der Waals surface area contributed by atoms with E-state index in [0.29, 0.717) is 22.7 Å². The molecule has 0 saturated heterocycles. The molecule has 3 rings (SSSR count). The molecule has 0 unspecified atom stereocenters. The SMILES string of the molecule is CCOC(=O)c1c(NCC(=O)c2ccc(F)cc2)sc2c1CCCC2. The van der Waals surface area contributed by atoms with Crippen LogP contribution in [0.5, 0.6) is 0 Å². The molecular formula is C19H20FNO3S. The summed E-state index contributed by atoms with van der Waals surface area (Å²) in [6, 6.07) is 5.46. The number of Topliss-reactive ketones (excluding diaryl/α,β-unsaturated/α-hetero) is 1. The number of ketones is 1. The predicted molar refractivity (Wildman–Crippen MR) is 96.1 cm³/mol. The summed E-state index contributed by atoms with van der Waals surface area (Å²) < 4.78 is 18.2. The van der Waals surface area contributed by atoms with Crippen LogP contribution in [0.4, 0.5) is 9.39 Å². The van der Waals surface area contributed by atoms with Crippen LogP contribution >= 0.6 is 11.3 Å². The lowest BCUT2D eigenvalue weighted by atomic mass is 9.95. The first-order chi connectivity index (χ1) is 12.1. The minimum atomic E-state index is -0.375. The van der Waals surface area contributed by atoms with Gasteiger partial charge in [-0.1, -0.05) is 0 Å². The van der Waals surface area contributed by atoms with Gasteiger partial charge in [-0.2, -0.15) is 0 Å². The van der Waals surface area contributed by atoms with Crippen LogP contribution in [-0.2, 0) is 17.6 Å². The maximum absolute atomic E-state index is 13.0. The number of carbonyl (C=O) groups is 2. The van der Waals surface area contributed by atoms with E-state index < -0.39 is 0 Å². The van der Waals surface area contributed by atoms with Crippen molar-refractivity contribution in [2.75, 3.05) is 18.5 Å². The zero-order chi connectivity index (χ0) is 17.8. The van der Waals surface area contributed by atoms with E-state index in [0.717, 1.165) is 31.2 Å². The number of carbonyl (C=O) groups excluding carboxylic acids is 2. The number of rotatable bonds is 6. The molecule has 0 spiro atoms. The highest BCUT2D eigenvalue weighted by Crippen LogP contribution is 2.38. The molecule has 1 heterocycles. The molecule has 2 aromatic rings. The van der Waals surface area contributed by atoms with Gasteiger partial charge in [0.05, 0.1) is 18.7 Å². The molecule has 1 N–H and O–H groups in total. The van der Waals surface area contributed by atoms with Crippen molar-refractivity contribution in [3.8, 4) is 0 Å². The summed E-state index contributed by atoms with van der Waals surface area (Å²) in [5, 5.41) is 3.79. The van der Waals surface area contributed by atoms with Crippen molar-refractivity contribution in [2.45, 2.75) is 32.6 Å². The van der Waals surface area contributed by atoms with Crippen molar-refractivity contribution < 1.29 is 18.7 Å². The topological polar surface area (TPSA) is 55.4 Å². The zero-order valence-electron chi connectivity index (χ0n) is 14.1. The van der Waals surface area contributed by atoms with Gasteiger partial charge in [0, 0.05) is 10.4 Å². The van der Waals surface area contributed by atoms with Crippen molar-refractivity contribution in [1.82, 2.24) is 0 Å². The molecule has 0 saturated carbocycles. The van der Waals surface area contributed by atoms with Crippen LogP contribution in [0.3, 0.4) is 0 Å². The molecule has 0 bridgehead atoms. The van der Waals surface area contributed by atoms with Gasteiger partial charge in [-0.05, 0) is 62.4 Å². The summed E-state index contributed by atoms with van der Waals surface area (Å²) in [5.74, 6) is -0.861. The van der Waals surface area contributed by atoms with Crippen molar-refractivity contribution in [1.29, 1.82) is 0 Å². The largest absolute Gasteiger partial charge is 0.462 e. The lowest BCUT2D eigenvalue weighted by Crippen LogP contribution is -2.16. The van der Waals surface area contributed by atoms with Gasteiger partial charge in [-0.15, -0.1) is 11.3 Å². The summed E-state index contributed by atoms with van der Waals surface area (Å²) in [6.07, 6.45) is 4.00. The first kappa shape index (κ1) is 17.6. The minimum absolute atomic E-state index is 0.0530. The zero-order valence-corrected chi connectivity index (χ0v) is 14.9. The first-order valence-electron chi connectivity index (χ1n) is 8.44. The Kier molecular flexibility index (Phi) is 5.48. The van der Waals surface area contributed by atoms with E-state index in [1.165, 1.54) is 40.5 Å². The van der Waals surface area contributed by atoms with Gasteiger partial charge in [-0.3, -0.25) is 4.79 Å². The number of anilines is 1. The number of aryl methyl sites for hydroxylation is 1. The molecule has 25 heavy (non-hydrogen) atoms. The van der Waals surface area contributed by atoms with Crippen molar-refractivity contribution in [2.24, 2.45) is 0 Å². The summed E-state index contributed by atoms with van der Waals surface area (Å²) in [7, 11) is 0. The van der Waals surface area contributed by atoms with Crippen LogP contribution in [0.1, 0.15) is 50.9 Å². The predicted octanol–water partition coefficient (Wildman–Crippen LogP) is 4.24. The molecule has 0 radical (unpaired) electrons. The Labute approximate surface area is 150 Å². The fourth-order valence-corrected chi connectivity index (χ4v) is 4.28. The van der Waals surface area contributed by atoms with Gasteiger partial charge in [0.25, 0.3) is 0 Å². The fraction of sp³-hybridized carbons (Fsp3) is 0.368. The number of thiophene rings is 1. The van der Waals surface area contributed by atoms with E-state index in [2.05, 4.69) is 5.32 Å². The van der Waals surface area contributed by atoms with Crippen LogP contribution < -0.4 is 5.32 Å². The molecule has 132 valence electrons. The standard InChI is InChI=1S/C19H20FNO3S/c1-2-24-19(23)17-14-5-3-4-6-16(14)25-18(17)21-11-15(22)12-7-9-13(20)10-8-12/h7-10,21H,2-6,11H2,1H3. The van der Waals surface area contributed by atoms with E-state index in [4.69, 9.17) is 4.74 Å². The van der Waals surface area contributed by atoms with Crippen LogP contribution in [-0.4, -0.2) is 24.9 Å². The maximum Gasteiger partial charge on any atom is 0.341 e. The quantitative estimate of drug-likeness (QED) is 0.618. The number of benzene rings is 1. The van der Waals surface area contributed by atoms with Gasteiger partial charge < -0.3 is 10.1 Å². The van der Waals surface area contributed by atoms with E-state index in [1.807, 2.05) is 0 Å². The van der Waals surface area contributed by atoms with Crippen LogP contribution in [0.25, 0.3) is 0 Å². The van der Waals surface area contributed by atoms with Gasteiger partial charge in [-0.25, -0.2) is 9.18 Å². The highest BCUT2D eigenvalue weighted by atomic mass is 32.1. The number of hydrogen-bond acceptors (Lipinski definition) is 5. The average Bonchev–Trinajstić information content (AvgIpc) is 2.99. The third kappa shape index (κ3) is 3.90. The highest BCUT2D eigenvalue weighted by molar-refractivity contribution is 7.16. The Balaban J connectivity index is 1.79. The monoisotopic (exact) mass is 361 g/mol. The number of nitrogens with one attached hydrogen (secondary N) is 1. The van der Waals surface area contributed by atoms with E-state index in [1.54, 1.807) is 6.92 Å². The molecule has 0 atom stereocenters. The first-order valence-corrected chi connectivity index (χ1v) is 9.26. The molecule has 0 amide bonds. The Morgan fingerprint density at radius 3 is 2.64 bits per heavy atom. The maximum atomic E-state index is 13.0. The average molecular weight is 361 g/mol. The van der Waals surface area contributed by atoms with Gasteiger partial charge >= 0.3 is 5.97 Å². The smallest absolute Gasteiger partial charge is 0.341 e. The molecule has 6 heteroatoms. The summed E-state index contributed by atoms with van der Waals surface area (Å²) in [6.45, 7) is 2.15. The molecule has 1 aliphatic carbocycles. The Morgan fingerprint density at radius 2 is 1.92 bits per heavy atom. The lowest BCUT2D eigenvalue weighted by Gasteiger charge is -2.12. The Morgan fingerprint density at radius 1 is 1.20 bits per heavy atom. The van der Waals surface area contributed by atoms with Crippen LogP contribution in [0.15, 0.2) is 24.3 Å². The van der Waals surface area contributed by atoms with Gasteiger partial charge in [0.2, 0.25) is 0 Å². The van der Waals surface area contributed by atoms with E-state index >= 15 is 0 Å². The van der Waals surface area contributed by atoms with Crippen molar-refractivity contribution in [3.63, 3.8) is 0 Å². The summed E-state index contributed by atoms with van der Waals surface area (Å²) >= 11 is 1.53. The van der Waals surface area contributed by atoms with Crippen LogP contribution in [0.2, 0.25) is 0 Å². The number of halogens is 1. The lowest BCUT2D eigenvalue weighted by molar-refractivity contribution is 0.0526. The minimum Gasteiger partial charge on any atom is -0.462 e. The van der Waals surface area contributed by atoms with Gasteiger partial charge in [0.1, 0.15) is 10.8 Å². The van der Waals surface area contributed by atoms with Crippen molar-refractivity contribution >= 4 is 28.1 Å². The molecule has 1 aromatic heterocycles. The van der Waals surface area contributed by atoms with Crippen molar-refractivity contribution in [3.05, 3.63) is 51.7 Å². The Bertz CT molecular complexity index is 783. The second kappa shape index (κ2) is 7.78. The second-order valence-corrected chi connectivity index (χ2v) is 7.02. The Hall–Kier alpha value is -2.21. The van der Waals surface area contributed by atoms with E-state index in [-0.39, 0.29) is 24.1 Å². The molecular weight excluding hydrogens is 341 g/mol. The number of fused-ring (bicyclic) bond motifs is 1. The number of ether oxygens (including phenoxy) is 1. The molecule has 0 fully saturated rings. The summed E-state index contributed by atoms with van der Waals surface area (Å²) in [5.41, 5.74) is 2.08. The third-order valence-corrected chi connectivity index (χ3v) is 5.48. The second-order valence-electron chi connectivity index (χ2n) is 5.92. The highest BCUT2D eigenvalue weighted by Gasteiger charge is 2.26. The molecule has 1 aromatic carbocycles. The van der Waals surface area contributed by atoms with E-state index in [9.17, 15) is 14.0 Å². The van der Waals surface area contributed by atoms with Crippen LogP contribution in [0, 0.1) is 5.82 Å². The van der Waals surface area contributed by atoms with Gasteiger partial charge in [0.15, 0.2) is 5.78 Å². The number of esters is 1.